The molecule has 0 aromatic heterocycles. The molecule has 1 aromatic rings. The maximum absolute atomic E-state index is 6.75. The van der Waals surface area contributed by atoms with Crippen LogP contribution in [0.1, 0.15) is 94.1 Å². The molecule has 0 amide bonds. The van der Waals surface area contributed by atoms with Crippen LogP contribution in [0.25, 0.3) is 0 Å². The van der Waals surface area contributed by atoms with Crippen molar-refractivity contribution < 1.29 is 0 Å². The minimum atomic E-state index is 0.182. The largest absolute Gasteiger partial charge is 0.118 e. The Morgan fingerprint density at radius 2 is 1.71 bits per heavy atom. The first-order valence-corrected chi connectivity index (χ1v) is 9.43. The van der Waals surface area contributed by atoms with Crippen LogP contribution in [-0.2, 0) is 0 Å². The molecule has 118 valence electrons. The van der Waals surface area contributed by atoms with Gasteiger partial charge in [-0.25, -0.2) is 0 Å². The standard InChI is InChI=1S/C20H31Cl/c1-3-5-9-16(4-2)20(21)19-14-12-18(13-15-19)17-10-7-6-8-11-17/h12-17,20H,3-11H2,1-2H3. The molecule has 0 aliphatic heterocycles. The van der Waals surface area contributed by atoms with Crippen molar-refractivity contribution in [3.8, 4) is 0 Å². The predicted molar refractivity (Wildman–Crippen MR) is 94.2 cm³/mol. The summed E-state index contributed by atoms with van der Waals surface area (Å²) in [6.45, 7) is 4.53. The van der Waals surface area contributed by atoms with Gasteiger partial charge in [-0.05, 0) is 42.2 Å². The van der Waals surface area contributed by atoms with Crippen molar-refractivity contribution in [3.05, 3.63) is 35.4 Å². The van der Waals surface area contributed by atoms with E-state index in [9.17, 15) is 0 Å². The van der Waals surface area contributed by atoms with Crippen LogP contribution >= 0.6 is 11.6 Å². The Morgan fingerprint density at radius 3 is 2.29 bits per heavy atom. The summed E-state index contributed by atoms with van der Waals surface area (Å²) in [5, 5.41) is 0.182. The number of unbranched alkanes of at least 4 members (excludes halogenated alkanes) is 1. The molecule has 0 heterocycles. The molecule has 0 bridgehead atoms. The number of rotatable bonds is 7. The van der Waals surface area contributed by atoms with Crippen molar-refractivity contribution in [2.75, 3.05) is 0 Å². The Bertz CT molecular complexity index is 389. The van der Waals surface area contributed by atoms with Gasteiger partial charge in [0.05, 0.1) is 5.38 Å². The molecule has 1 aliphatic carbocycles. The van der Waals surface area contributed by atoms with Gasteiger partial charge < -0.3 is 0 Å². The Labute approximate surface area is 136 Å². The second-order valence-electron chi connectivity index (χ2n) is 6.71. The minimum absolute atomic E-state index is 0.182. The zero-order chi connectivity index (χ0) is 15.1. The molecular formula is C20H31Cl. The molecular weight excluding hydrogens is 276 g/mol. The van der Waals surface area contributed by atoms with Gasteiger partial charge in [0.15, 0.2) is 0 Å². The fourth-order valence-electron chi connectivity index (χ4n) is 3.68. The highest BCUT2D eigenvalue weighted by Gasteiger charge is 2.20. The molecule has 1 saturated carbocycles. The van der Waals surface area contributed by atoms with E-state index in [1.165, 1.54) is 68.9 Å². The van der Waals surface area contributed by atoms with E-state index >= 15 is 0 Å². The number of hydrogen-bond acceptors (Lipinski definition) is 0. The van der Waals surface area contributed by atoms with Crippen LogP contribution in [0.3, 0.4) is 0 Å². The third-order valence-corrected chi connectivity index (χ3v) is 5.81. The number of benzene rings is 1. The molecule has 0 saturated heterocycles. The Morgan fingerprint density at radius 1 is 1.05 bits per heavy atom. The van der Waals surface area contributed by atoms with Crippen LogP contribution < -0.4 is 0 Å². The highest BCUT2D eigenvalue weighted by molar-refractivity contribution is 6.21. The summed E-state index contributed by atoms with van der Waals surface area (Å²) in [4.78, 5) is 0. The lowest BCUT2D eigenvalue weighted by Crippen LogP contribution is -2.08. The van der Waals surface area contributed by atoms with Gasteiger partial charge in [-0.2, -0.15) is 0 Å². The molecule has 0 nitrogen and oxygen atoms in total. The average molecular weight is 307 g/mol. The Kier molecular flexibility index (Phi) is 7.10. The summed E-state index contributed by atoms with van der Waals surface area (Å²) in [5.41, 5.74) is 2.85. The van der Waals surface area contributed by atoms with Gasteiger partial charge in [0, 0.05) is 0 Å². The maximum Gasteiger partial charge on any atom is 0.0613 e. The lowest BCUT2D eigenvalue weighted by molar-refractivity contribution is 0.435. The molecule has 0 spiro atoms. The first kappa shape index (κ1) is 16.9. The second kappa shape index (κ2) is 8.83. The maximum atomic E-state index is 6.75. The Hall–Kier alpha value is -0.490. The highest BCUT2D eigenvalue weighted by Crippen LogP contribution is 2.37. The van der Waals surface area contributed by atoms with Crippen molar-refractivity contribution >= 4 is 11.6 Å². The lowest BCUT2D eigenvalue weighted by atomic mass is 9.83. The van der Waals surface area contributed by atoms with E-state index in [1.54, 1.807) is 0 Å². The quantitative estimate of drug-likeness (QED) is 0.466. The lowest BCUT2D eigenvalue weighted by Gasteiger charge is -2.24. The molecule has 0 radical (unpaired) electrons. The summed E-state index contributed by atoms with van der Waals surface area (Å²) in [6, 6.07) is 9.26. The van der Waals surface area contributed by atoms with Crippen LogP contribution in [0.5, 0.6) is 0 Å². The number of alkyl halides is 1. The van der Waals surface area contributed by atoms with Crippen LogP contribution in [0, 0.1) is 5.92 Å². The summed E-state index contributed by atoms with van der Waals surface area (Å²) in [6.07, 6.45) is 12.0. The van der Waals surface area contributed by atoms with Crippen LogP contribution in [0.2, 0.25) is 0 Å². The topological polar surface area (TPSA) is 0 Å². The first-order valence-electron chi connectivity index (χ1n) is 9.00. The zero-order valence-electron chi connectivity index (χ0n) is 13.8. The second-order valence-corrected chi connectivity index (χ2v) is 7.18. The normalized spacial score (nSPS) is 19.4. The SMILES string of the molecule is CCCCC(CC)C(Cl)c1ccc(C2CCCCC2)cc1. The zero-order valence-corrected chi connectivity index (χ0v) is 14.5. The third kappa shape index (κ3) is 4.74. The van der Waals surface area contributed by atoms with Gasteiger partial charge in [0.2, 0.25) is 0 Å². The first-order chi connectivity index (χ1) is 10.3. The number of halogens is 1. The molecule has 2 rings (SSSR count). The molecule has 0 N–H and O–H groups in total. The van der Waals surface area contributed by atoms with Crippen LogP contribution in [0.15, 0.2) is 24.3 Å². The summed E-state index contributed by atoms with van der Waals surface area (Å²) < 4.78 is 0. The Balaban J connectivity index is 1.99. The molecule has 1 aromatic carbocycles. The van der Waals surface area contributed by atoms with E-state index in [1.807, 2.05) is 0 Å². The van der Waals surface area contributed by atoms with Gasteiger partial charge in [-0.1, -0.05) is 76.6 Å². The molecule has 1 fully saturated rings. The summed E-state index contributed by atoms with van der Waals surface area (Å²) in [5.74, 6) is 1.41. The van der Waals surface area contributed by atoms with E-state index in [0.717, 1.165) is 5.92 Å². The van der Waals surface area contributed by atoms with Crippen LogP contribution in [-0.4, -0.2) is 0 Å². The minimum Gasteiger partial charge on any atom is -0.118 e. The van der Waals surface area contributed by atoms with E-state index in [-0.39, 0.29) is 5.38 Å². The average Bonchev–Trinajstić information content (AvgIpc) is 2.56. The van der Waals surface area contributed by atoms with Gasteiger partial charge in [0.1, 0.15) is 0 Å². The van der Waals surface area contributed by atoms with E-state index in [4.69, 9.17) is 11.6 Å². The smallest absolute Gasteiger partial charge is 0.0613 e. The molecule has 21 heavy (non-hydrogen) atoms. The van der Waals surface area contributed by atoms with Crippen molar-refractivity contribution in [1.29, 1.82) is 0 Å². The van der Waals surface area contributed by atoms with Crippen LogP contribution in [0.4, 0.5) is 0 Å². The van der Waals surface area contributed by atoms with E-state index in [2.05, 4.69) is 38.1 Å². The molecule has 2 atom stereocenters. The van der Waals surface area contributed by atoms with Gasteiger partial charge >= 0.3 is 0 Å². The van der Waals surface area contributed by atoms with Gasteiger partial charge in [0.25, 0.3) is 0 Å². The van der Waals surface area contributed by atoms with Crippen molar-refractivity contribution in [2.45, 2.75) is 82.9 Å². The van der Waals surface area contributed by atoms with E-state index < -0.39 is 0 Å². The fraction of sp³-hybridized carbons (Fsp3) is 0.700. The fourth-order valence-corrected chi connectivity index (χ4v) is 4.13. The van der Waals surface area contributed by atoms with E-state index in [0.29, 0.717) is 5.92 Å². The predicted octanol–water partition coefficient (Wildman–Crippen LogP) is 7.23. The van der Waals surface area contributed by atoms with Gasteiger partial charge in [-0.15, -0.1) is 11.6 Å². The van der Waals surface area contributed by atoms with Crippen molar-refractivity contribution in [1.82, 2.24) is 0 Å². The highest BCUT2D eigenvalue weighted by atomic mass is 35.5. The third-order valence-electron chi connectivity index (χ3n) is 5.20. The van der Waals surface area contributed by atoms with Gasteiger partial charge in [-0.3, -0.25) is 0 Å². The monoisotopic (exact) mass is 306 g/mol. The summed E-state index contributed by atoms with van der Waals surface area (Å²) >= 11 is 6.75. The number of hydrogen-bond donors (Lipinski definition) is 0. The van der Waals surface area contributed by atoms with Crippen molar-refractivity contribution in [2.24, 2.45) is 5.92 Å². The molecule has 2 unspecified atom stereocenters. The van der Waals surface area contributed by atoms with Crippen molar-refractivity contribution in [3.63, 3.8) is 0 Å². The molecule has 1 aliphatic rings. The summed E-state index contributed by atoms with van der Waals surface area (Å²) in [7, 11) is 0. The molecule has 1 heteroatoms.